The first-order valence-corrected chi connectivity index (χ1v) is 5.50. The minimum atomic E-state index is 0.632. The summed E-state index contributed by atoms with van der Waals surface area (Å²) in [4.78, 5) is 0. The van der Waals surface area contributed by atoms with Crippen LogP contribution in [0.25, 0.3) is 0 Å². The van der Waals surface area contributed by atoms with Crippen LogP contribution in [0.2, 0.25) is 0 Å². The average molecular weight is 207 g/mol. The molecular weight excluding hydrogens is 190 g/mol. The van der Waals surface area contributed by atoms with E-state index in [2.05, 4.69) is 5.32 Å². The molecule has 0 radical (unpaired) electrons. The highest BCUT2D eigenvalue weighted by Crippen LogP contribution is 2.15. The number of fused-ring (bicyclic) bond motifs is 10. The van der Waals surface area contributed by atoms with Gasteiger partial charge in [0.1, 0.15) is 12.4 Å². The minimum absolute atomic E-state index is 0.632. The number of anilines is 1. The van der Waals surface area contributed by atoms with Gasteiger partial charge in [-0.05, 0) is 37.1 Å². The van der Waals surface area contributed by atoms with E-state index < -0.39 is 0 Å². The van der Waals surface area contributed by atoms with Crippen molar-refractivity contribution < 1.29 is 9.47 Å². The second kappa shape index (κ2) is 5.61. The van der Waals surface area contributed by atoms with E-state index >= 15 is 0 Å². The van der Waals surface area contributed by atoms with E-state index in [1.165, 1.54) is 0 Å². The highest BCUT2D eigenvalue weighted by Gasteiger charge is 1.98. The van der Waals surface area contributed by atoms with Gasteiger partial charge in [0.25, 0.3) is 0 Å². The Morgan fingerprint density at radius 3 is 2.67 bits per heavy atom. The fourth-order valence-electron chi connectivity index (χ4n) is 1.55. The summed E-state index contributed by atoms with van der Waals surface area (Å²) in [5.41, 5.74) is 1.16. The average Bonchev–Trinajstić information content (AvgIpc) is 2.31. The summed E-state index contributed by atoms with van der Waals surface area (Å²) in [6.45, 7) is 3.14. The van der Waals surface area contributed by atoms with E-state index in [1.807, 2.05) is 24.3 Å². The van der Waals surface area contributed by atoms with Gasteiger partial charge in [-0.2, -0.15) is 0 Å². The maximum atomic E-state index is 5.52. The lowest BCUT2D eigenvalue weighted by Gasteiger charge is -2.07. The summed E-state index contributed by atoms with van der Waals surface area (Å²) in [7, 11) is 0. The van der Waals surface area contributed by atoms with Crippen molar-refractivity contribution in [3.05, 3.63) is 24.3 Å². The normalized spacial score (nSPS) is 17.9. The van der Waals surface area contributed by atoms with Gasteiger partial charge in [-0.25, -0.2) is 0 Å². The van der Waals surface area contributed by atoms with Crippen LogP contribution in [0.15, 0.2) is 24.3 Å². The van der Waals surface area contributed by atoms with Gasteiger partial charge in [0.2, 0.25) is 0 Å². The van der Waals surface area contributed by atoms with E-state index in [0.29, 0.717) is 13.2 Å². The van der Waals surface area contributed by atoms with E-state index in [0.717, 1.165) is 37.4 Å². The zero-order chi connectivity index (χ0) is 10.3. The Kier molecular flexibility index (Phi) is 3.85. The number of hydrogen-bond donors (Lipinski definition) is 1. The molecule has 0 aliphatic carbocycles. The number of rotatable bonds is 0. The highest BCUT2D eigenvalue weighted by atomic mass is 16.5. The first-order valence-electron chi connectivity index (χ1n) is 5.50. The third-order valence-corrected chi connectivity index (χ3v) is 2.40. The third-order valence-electron chi connectivity index (χ3n) is 2.40. The lowest BCUT2D eigenvalue weighted by molar-refractivity contribution is 0.0980. The molecule has 2 aliphatic rings. The van der Waals surface area contributed by atoms with Gasteiger partial charge in [-0.1, -0.05) is 0 Å². The van der Waals surface area contributed by atoms with Crippen molar-refractivity contribution >= 4 is 5.69 Å². The molecule has 3 rings (SSSR count). The molecule has 15 heavy (non-hydrogen) atoms. The molecule has 82 valence electrons. The van der Waals surface area contributed by atoms with Crippen LogP contribution >= 0.6 is 0 Å². The van der Waals surface area contributed by atoms with Crippen LogP contribution in [0.4, 0.5) is 5.69 Å². The smallest absolute Gasteiger partial charge is 0.119 e. The number of benzene rings is 1. The highest BCUT2D eigenvalue weighted by molar-refractivity contribution is 5.46. The maximum absolute atomic E-state index is 5.52. The van der Waals surface area contributed by atoms with Crippen molar-refractivity contribution in [1.82, 2.24) is 0 Å². The molecule has 0 fully saturated rings. The number of ether oxygens (including phenoxy) is 2. The first kappa shape index (κ1) is 10.3. The fraction of sp³-hybridized carbons (Fsp3) is 0.500. The number of hydrogen-bond acceptors (Lipinski definition) is 3. The van der Waals surface area contributed by atoms with Crippen molar-refractivity contribution in [2.75, 3.05) is 31.7 Å². The Balaban J connectivity index is 1.97. The topological polar surface area (TPSA) is 30.5 Å². The fourth-order valence-corrected chi connectivity index (χ4v) is 1.55. The van der Waals surface area contributed by atoms with Crippen molar-refractivity contribution in [2.45, 2.75) is 12.8 Å². The second-order valence-corrected chi connectivity index (χ2v) is 3.62. The second-order valence-electron chi connectivity index (χ2n) is 3.62. The molecular formula is C12H17NO2. The molecule has 1 aromatic rings. The van der Waals surface area contributed by atoms with Gasteiger partial charge in [0, 0.05) is 18.8 Å². The Bertz CT molecular complexity index is 255. The first-order chi connectivity index (χ1) is 7.45. The van der Waals surface area contributed by atoms with E-state index in [9.17, 15) is 0 Å². The van der Waals surface area contributed by atoms with E-state index in [4.69, 9.17) is 9.47 Å². The largest absolute Gasteiger partial charge is 0.491 e. The summed E-state index contributed by atoms with van der Waals surface area (Å²) < 4.78 is 11.0. The molecule has 0 saturated carbocycles. The zero-order valence-electron chi connectivity index (χ0n) is 8.87. The molecule has 2 heterocycles. The Hall–Kier alpha value is -1.22. The Morgan fingerprint density at radius 2 is 1.80 bits per heavy atom. The SMILES string of the molecule is c1cc2ccc1NCCCCOCCO2. The van der Waals surface area contributed by atoms with Gasteiger partial charge in [0.05, 0.1) is 6.61 Å². The molecule has 0 atom stereocenters. The van der Waals surface area contributed by atoms with Crippen molar-refractivity contribution in [3.63, 3.8) is 0 Å². The van der Waals surface area contributed by atoms with Crippen LogP contribution in [0.1, 0.15) is 12.8 Å². The van der Waals surface area contributed by atoms with Crippen LogP contribution in [0.5, 0.6) is 5.75 Å². The lowest BCUT2D eigenvalue weighted by Crippen LogP contribution is -2.07. The molecule has 0 amide bonds. The van der Waals surface area contributed by atoms with Crippen molar-refractivity contribution in [1.29, 1.82) is 0 Å². The molecule has 3 nitrogen and oxygen atoms in total. The van der Waals surface area contributed by atoms with E-state index in [-0.39, 0.29) is 0 Å². The summed E-state index contributed by atoms with van der Waals surface area (Å²) in [6, 6.07) is 8.07. The summed E-state index contributed by atoms with van der Waals surface area (Å²) in [6.07, 6.45) is 2.24. The minimum Gasteiger partial charge on any atom is -0.491 e. The maximum Gasteiger partial charge on any atom is 0.119 e. The summed E-state index contributed by atoms with van der Waals surface area (Å²) in [5, 5.41) is 3.36. The van der Waals surface area contributed by atoms with E-state index in [1.54, 1.807) is 0 Å². The Labute approximate surface area is 90.4 Å². The van der Waals surface area contributed by atoms with Crippen LogP contribution < -0.4 is 10.1 Å². The molecule has 1 aromatic carbocycles. The lowest BCUT2D eigenvalue weighted by atomic mass is 10.3. The van der Waals surface area contributed by atoms with Crippen LogP contribution in [-0.2, 0) is 4.74 Å². The molecule has 2 bridgehead atoms. The van der Waals surface area contributed by atoms with Gasteiger partial charge in [-0.15, -0.1) is 0 Å². The molecule has 0 saturated heterocycles. The van der Waals surface area contributed by atoms with Gasteiger partial charge >= 0.3 is 0 Å². The number of nitrogens with one attached hydrogen (secondary N) is 1. The summed E-state index contributed by atoms with van der Waals surface area (Å²) in [5.74, 6) is 0.906. The molecule has 0 unspecified atom stereocenters. The molecule has 0 aromatic heterocycles. The molecule has 1 N–H and O–H groups in total. The molecule has 2 aliphatic heterocycles. The van der Waals surface area contributed by atoms with Crippen molar-refractivity contribution in [3.8, 4) is 5.75 Å². The Morgan fingerprint density at radius 1 is 0.933 bits per heavy atom. The standard InChI is InChI=1S/C12H17NO2/c1-2-8-14-9-10-15-12-5-3-11(4-6-12)13-7-1/h3-6,13H,1-2,7-10H2. The molecule has 3 heteroatoms. The summed E-state index contributed by atoms with van der Waals surface area (Å²) >= 11 is 0. The molecule has 0 spiro atoms. The van der Waals surface area contributed by atoms with Crippen LogP contribution in [0.3, 0.4) is 0 Å². The van der Waals surface area contributed by atoms with Gasteiger partial charge < -0.3 is 14.8 Å². The van der Waals surface area contributed by atoms with Gasteiger partial charge in [-0.3, -0.25) is 0 Å². The van der Waals surface area contributed by atoms with Crippen molar-refractivity contribution in [2.24, 2.45) is 0 Å². The quantitative estimate of drug-likeness (QED) is 0.708. The predicted octanol–water partition coefficient (Wildman–Crippen LogP) is 2.29. The third kappa shape index (κ3) is 3.44. The zero-order valence-corrected chi connectivity index (χ0v) is 8.87. The van der Waals surface area contributed by atoms with Crippen LogP contribution in [-0.4, -0.2) is 26.4 Å². The predicted molar refractivity (Wildman–Crippen MR) is 60.5 cm³/mol. The van der Waals surface area contributed by atoms with Crippen LogP contribution in [0, 0.1) is 0 Å². The monoisotopic (exact) mass is 207 g/mol. The van der Waals surface area contributed by atoms with Gasteiger partial charge in [0.15, 0.2) is 0 Å².